The van der Waals surface area contributed by atoms with E-state index in [9.17, 15) is 13.2 Å². The molecule has 0 aliphatic heterocycles. The molecule has 1 aromatic carbocycles. The van der Waals surface area contributed by atoms with Crippen molar-refractivity contribution >= 4 is 0 Å². The van der Waals surface area contributed by atoms with Gasteiger partial charge in [-0.2, -0.15) is 13.2 Å². The summed E-state index contributed by atoms with van der Waals surface area (Å²) >= 11 is 0. The molecule has 0 N–H and O–H groups in total. The Kier molecular flexibility index (Phi) is 1.68. The molecule has 0 nitrogen and oxygen atoms in total. The molecule has 0 bridgehead atoms. The van der Waals surface area contributed by atoms with E-state index in [0.29, 0.717) is 11.1 Å². The largest absolute Gasteiger partial charge is 0.399 e. The topological polar surface area (TPSA) is 0 Å². The maximum atomic E-state index is 12.4. The molecule has 13 heavy (non-hydrogen) atoms. The minimum Gasteiger partial charge on any atom is -0.170 e. The monoisotopic (exact) mass is 183 g/mol. The number of alkyl halides is 3. The molecule has 1 aromatic rings. The summed E-state index contributed by atoms with van der Waals surface area (Å²) in [5.74, 6) is -1.47. The molecule has 1 atom stereocenters. The van der Waals surface area contributed by atoms with Crippen LogP contribution in [-0.2, 0) is 0 Å². The molecule has 0 amide bonds. The second-order valence-corrected chi connectivity index (χ2v) is 2.92. The van der Waals surface area contributed by atoms with E-state index >= 15 is 0 Å². The average Bonchev–Trinajstić information content (AvgIpc) is 2.45. The van der Waals surface area contributed by atoms with E-state index in [4.69, 9.17) is 0 Å². The molecule has 0 saturated heterocycles. The zero-order valence-electron chi connectivity index (χ0n) is 6.60. The van der Waals surface area contributed by atoms with Crippen molar-refractivity contribution in [3.05, 3.63) is 47.5 Å². The average molecular weight is 183 g/mol. The zero-order chi connectivity index (χ0) is 9.47. The van der Waals surface area contributed by atoms with Crippen LogP contribution in [0.25, 0.3) is 0 Å². The second kappa shape index (κ2) is 2.62. The Bertz CT molecular complexity index is 349. The normalized spacial score (nSPS) is 20.4. The Morgan fingerprint density at radius 1 is 1.15 bits per heavy atom. The first-order chi connectivity index (χ1) is 6.09. The standard InChI is InChI=1S/C10H6F3/c11-10(12,13)9-6-5-7-3-1-2-4-8(7)9/h1-4,6,9H. The first kappa shape index (κ1) is 8.35. The zero-order valence-corrected chi connectivity index (χ0v) is 6.60. The van der Waals surface area contributed by atoms with Crippen LogP contribution in [0, 0.1) is 6.08 Å². The van der Waals surface area contributed by atoms with Gasteiger partial charge in [-0.3, -0.25) is 0 Å². The van der Waals surface area contributed by atoms with Crippen LogP contribution in [0.15, 0.2) is 30.3 Å². The summed E-state index contributed by atoms with van der Waals surface area (Å²) in [5, 5.41) is 0. The first-order valence-corrected chi connectivity index (χ1v) is 3.84. The van der Waals surface area contributed by atoms with E-state index in [0.717, 1.165) is 6.08 Å². The summed E-state index contributed by atoms with van der Waals surface area (Å²) < 4.78 is 37.1. The molecule has 3 heteroatoms. The quantitative estimate of drug-likeness (QED) is 0.579. The summed E-state index contributed by atoms with van der Waals surface area (Å²) in [6.45, 7) is 0. The molecule has 0 saturated carbocycles. The fourth-order valence-electron chi connectivity index (χ4n) is 1.43. The van der Waals surface area contributed by atoms with Crippen molar-refractivity contribution in [3.63, 3.8) is 0 Å². The fourth-order valence-corrected chi connectivity index (χ4v) is 1.43. The summed E-state index contributed by atoms with van der Waals surface area (Å²) in [6.07, 6.45) is -0.509. The van der Waals surface area contributed by atoms with Crippen molar-refractivity contribution < 1.29 is 13.2 Å². The lowest BCUT2D eigenvalue weighted by Gasteiger charge is -2.14. The van der Waals surface area contributed by atoms with Gasteiger partial charge in [0.25, 0.3) is 0 Å². The summed E-state index contributed by atoms with van der Waals surface area (Å²) in [7, 11) is 0. The van der Waals surface area contributed by atoms with E-state index in [1.165, 1.54) is 6.07 Å². The highest BCUT2D eigenvalue weighted by molar-refractivity contribution is 5.43. The lowest BCUT2D eigenvalue weighted by molar-refractivity contribution is -0.139. The number of benzene rings is 1. The molecular weight excluding hydrogens is 177 g/mol. The number of halogens is 3. The van der Waals surface area contributed by atoms with E-state index in [2.05, 4.69) is 6.08 Å². The van der Waals surface area contributed by atoms with Crippen molar-refractivity contribution in [2.24, 2.45) is 0 Å². The van der Waals surface area contributed by atoms with Crippen molar-refractivity contribution in [2.45, 2.75) is 12.1 Å². The van der Waals surface area contributed by atoms with Gasteiger partial charge in [0.15, 0.2) is 0 Å². The van der Waals surface area contributed by atoms with E-state index in [1.54, 1.807) is 18.2 Å². The van der Waals surface area contributed by atoms with Gasteiger partial charge in [0.2, 0.25) is 0 Å². The molecule has 1 unspecified atom stereocenters. The fraction of sp³-hybridized carbons (Fsp3) is 0.200. The highest BCUT2D eigenvalue weighted by Crippen LogP contribution is 2.40. The van der Waals surface area contributed by atoms with Crippen molar-refractivity contribution in [2.75, 3.05) is 0 Å². The molecular formula is C10H6F3. The summed E-state index contributed by atoms with van der Waals surface area (Å²) in [5.41, 5.74) is 0.847. The van der Waals surface area contributed by atoms with Crippen LogP contribution >= 0.6 is 0 Å². The summed E-state index contributed by atoms with van der Waals surface area (Å²) in [6, 6.07) is 6.44. The Hall–Kier alpha value is -1.25. The molecule has 1 aliphatic rings. The number of hydrogen-bond acceptors (Lipinski definition) is 0. The summed E-state index contributed by atoms with van der Waals surface area (Å²) in [4.78, 5) is 0. The molecule has 0 fully saturated rings. The smallest absolute Gasteiger partial charge is 0.170 e. The van der Waals surface area contributed by atoms with Gasteiger partial charge in [-0.15, -0.1) is 0 Å². The van der Waals surface area contributed by atoms with E-state index < -0.39 is 12.1 Å². The van der Waals surface area contributed by atoms with Crippen LogP contribution in [0.2, 0.25) is 0 Å². The second-order valence-electron chi connectivity index (χ2n) is 2.92. The minimum absolute atomic E-state index is 0.301. The van der Waals surface area contributed by atoms with Crippen LogP contribution in [0.1, 0.15) is 17.0 Å². The lowest BCUT2D eigenvalue weighted by atomic mass is 10.0. The van der Waals surface area contributed by atoms with Gasteiger partial charge < -0.3 is 0 Å². The van der Waals surface area contributed by atoms with Gasteiger partial charge in [-0.1, -0.05) is 30.3 Å². The van der Waals surface area contributed by atoms with Crippen LogP contribution in [0.4, 0.5) is 13.2 Å². The van der Waals surface area contributed by atoms with Gasteiger partial charge in [-0.05, 0) is 17.2 Å². The van der Waals surface area contributed by atoms with Crippen LogP contribution < -0.4 is 0 Å². The van der Waals surface area contributed by atoms with Crippen molar-refractivity contribution in [3.8, 4) is 0 Å². The molecule has 0 heterocycles. The van der Waals surface area contributed by atoms with Crippen molar-refractivity contribution in [1.29, 1.82) is 0 Å². The molecule has 1 radical (unpaired) electrons. The van der Waals surface area contributed by atoms with Crippen molar-refractivity contribution in [1.82, 2.24) is 0 Å². The number of hydrogen-bond donors (Lipinski definition) is 0. The predicted molar refractivity (Wildman–Crippen MR) is 42.2 cm³/mol. The first-order valence-electron chi connectivity index (χ1n) is 3.84. The third-order valence-electron chi connectivity index (χ3n) is 2.05. The van der Waals surface area contributed by atoms with E-state index in [-0.39, 0.29) is 0 Å². The SMILES string of the molecule is FC(F)(F)C1C=[C]c2ccccc21. The Balaban J connectivity index is 2.45. The predicted octanol–water partition coefficient (Wildman–Crippen LogP) is 3.05. The molecule has 2 rings (SSSR count). The number of allylic oxidation sites excluding steroid dienone is 1. The van der Waals surface area contributed by atoms with Crippen LogP contribution in [0.5, 0.6) is 0 Å². The number of fused-ring (bicyclic) bond motifs is 1. The Labute approximate surface area is 73.7 Å². The maximum Gasteiger partial charge on any atom is 0.399 e. The third-order valence-corrected chi connectivity index (χ3v) is 2.05. The highest BCUT2D eigenvalue weighted by Gasteiger charge is 2.41. The molecule has 67 valence electrons. The maximum absolute atomic E-state index is 12.4. The lowest BCUT2D eigenvalue weighted by Crippen LogP contribution is -2.17. The van der Waals surface area contributed by atoms with Gasteiger partial charge in [-0.25, -0.2) is 0 Å². The van der Waals surface area contributed by atoms with Gasteiger partial charge in [0, 0.05) is 0 Å². The molecule has 0 spiro atoms. The van der Waals surface area contributed by atoms with Crippen LogP contribution in [-0.4, -0.2) is 6.18 Å². The minimum atomic E-state index is -4.19. The molecule has 1 aliphatic carbocycles. The third kappa shape index (κ3) is 1.34. The van der Waals surface area contributed by atoms with Gasteiger partial charge in [0.05, 0.1) is 5.92 Å². The van der Waals surface area contributed by atoms with E-state index in [1.807, 2.05) is 0 Å². The Morgan fingerprint density at radius 2 is 1.85 bits per heavy atom. The van der Waals surface area contributed by atoms with Crippen LogP contribution in [0.3, 0.4) is 0 Å². The molecule has 0 aromatic heterocycles. The number of rotatable bonds is 0. The van der Waals surface area contributed by atoms with Gasteiger partial charge >= 0.3 is 6.18 Å². The highest BCUT2D eigenvalue weighted by atomic mass is 19.4. The van der Waals surface area contributed by atoms with Gasteiger partial charge in [0.1, 0.15) is 0 Å². The Morgan fingerprint density at radius 3 is 2.54 bits per heavy atom.